The fourth-order valence-corrected chi connectivity index (χ4v) is 3.93. The van der Waals surface area contributed by atoms with Crippen molar-refractivity contribution in [3.05, 3.63) is 57.9 Å². The Morgan fingerprint density at radius 1 is 1.39 bits per heavy atom. The van der Waals surface area contributed by atoms with E-state index in [1.54, 1.807) is 13.0 Å². The van der Waals surface area contributed by atoms with Crippen LogP contribution in [0, 0.1) is 0 Å². The molecule has 1 saturated carbocycles. The third-order valence-electron chi connectivity index (χ3n) is 5.04. The molecule has 28 heavy (non-hydrogen) atoms. The summed E-state index contributed by atoms with van der Waals surface area (Å²) in [6, 6.07) is 0. The number of carbonyl (C=O) groups is 1. The fraction of sp³-hybridized carbons (Fsp3) is 0.400. The van der Waals surface area contributed by atoms with Crippen LogP contribution >= 0.6 is 23.2 Å². The van der Waals surface area contributed by atoms with Gasteiger partial charge in [-0.25, -0.2) is 0 Å². The molecule has 0 unspecified atom stereocenters. The molecule has 1 spiro atoms. The Hall–Kier alpha value is -2.18. The minimum absolute atomic E-state index is 0.0434. The third kappa shape index (κ3) is 4.28. The van der Waals surface area contributed by atoms with Gasteiger partial charge in [0, 0.05) is 24.4 Å². The van der Waals surface area contributed by atoms with Gasteiger partial charge in [0.2, 0.25) is 0 Å². The van der Waals surface area contributed by atoms with Crippen LogP contribution in [0.4, 0.5) is 5.69 Å². The van der Waals surface area contributed by atoms with Crippen LogP contribution in [0.1, 0.15) is 39.0 Å². The molecule has 1 fully saturated rings. The first-order valence-corrected chi connectivity index (χ1v) is 9.90. The Labute approximate surface area is 174 Å². The number of amides is 1. The fourth-order valence-electron chi connectivity index (χ4n) is 3.47. The number of pyridine rings is 1. The average molecular weight is 424 g/mol. The number of nitrogens with one attached hydrogen (secondary N) is 2. The molecule has 6 nitrogen and oxygen atoms in total. The van der Waals surface area contributed by atoms with Crippen molar-refractivity contribution in [2.75, 3.05) is 11.9 Å². The summed E-state index contributed by atoms with van der Waals surface area (Å²) in [6.07, 6.45) is 8.64. The van der Waals surface area contributed by atoms with Crippen molar-refractivity contribution < 1.29 is 14.6 Å². The first-order valence-electron chi connectivity index (χ1n) is 9.15. The maximum Gasteiger partial charge on any atom is 0.251 e. The SMILES string of the molecule is C=C(CC1=C(/C(O)=C\C)OC2(CCCC2)CN1)C(=O)Nc1c(Cl)cncc1Cl. The van der Waals surface area contributed by atoms with E-state index in [9.17, 15) is 9.90 Å². The molecule has 0 atom stereocenters. The standard InChI is InChI=1S/C20H23Cl2N3O3/c1-3-16(26)18-15(24-11-20(28-18)6-4-5-7-20)8-12(2)19(27)25-17-13(21)9-23-10-14(17)22/h3,9-10,24,26H,2,4-8,11H2,1H3,(H,23,25,27)/b16-3+. The summed E-state index contributed by atoms with van der Waals surface area (Å²) in [5, 5.41) is 16.8. The van der Waals surface area contributed by atoms with Crippen LogP contribution in [-0.2, 0) is 9.53 Å². The van der Waals surface area contributed by atoms with Crippen molar-refractivity contribution in [1.29, 1.82) is 0 Å². The lowest BCUT2D eigenvalue weighted by Gasteiger charge is -2.37. The van der Waals surface area contributed by atoms with Crippen LogP contribution in [-0.4, -0.2) is 28.1 Å². The van der Waals surface area contributed by atoms with Gasteiger partial charge in [-0.15, -0.1) is 0 Å². The molecule has 1 amide bonds. The van der Waals surface area contributed by atoms with Crippen molar-refractivity contribution in [3.63, 3.8) is 0 Å². The molecular weight excluding hydrogens is 401 g/mol. The largest absolute Gasteiger partial charge is 0.504 e. The minimum atomic E-state index is -0.426. The van der Waals surface area contributed by atoms with Crippen molar-refractivity contribution in [1.82, 2.24) is 10.3 Å². The van der Waals surface area contributed by atoms with Crippen molar-refractivity contribution in [3.8, 4) is 0 Å². The Kier molecular flexibility index (Phi) is 6.20. The Bertz CT molecular complexity index is 838. The highest BCUT2D eigenvalue weighted by atomic mass is 35.5. The van der Waals surface area contributed by atoms with E-state index in [0.29, 0.717) is 18.0 Å². The monoisotopic (exact) mass is 423 g/mol. The molecule has 1 aliphatic heterocycles. The Morgan fingerprint density at radius 3 is 2.64 bits per heavy atom. The lowest BCUT2D eigenvalue weighted by molar-refractivity contribution is -0.112. The summed E-state index contributed by atoms with van der Waals surface area (Å²) in [7, 11) is 0. The molecule has 0 saturated heterocycles. The predicted octanol–water partition coefficient (Wildman–Crippen LogP) is 4.88. The van der Waals surface area contributed by atoms with Crippen molar-refractivity contribution in [2.45, 2.75) is 44.6 Å². The van der Waals surface area contributed by atoms with Crippen LogP contribution in [0.5, 0.6) is 0 Å². The number of halogens is 2. The highest BCUT2D eigenvalue weighted by Gasteiger charge is 2.41. The maximum absolute atomic E-state index is 12.6. The maximum atomic E-state index is 12.6. The number of aliphatic hydroxyl groups is 1. The van der Waals surface area contributed by atoms with Crippen molar-refractivity contribution in [2.24, 2.45) is 0 Å². The van der Waals surface area contributed by atoms with E-state index in [4.69, 9.17) is 27.9 Å². The first kappa shape index (κ1) is 20.6. The van der Waals surface area contributed by atoms with Gasteiger partial charge in [0.15, 0.2) is 11.5 Å². The number of rotatable bonds is 5. The van der Waals surface area contributed by atoms with Gasteiger partial charge in [-0.1, -0.05) is 29.8 Å². The van der Waals surface area contributed by atoms with Crippen LogP contribution in [0.25, 0.3) is 0 Å². The molecule has 8 heteroatoms. The van der Waals surface area contributed by atoms with Gasteiger partial charge in [-0.05, 0) is 38.7 Å². The second-order valence-electron chi connectivity index (χ2n) is 7.04. The number of aromatic nitrogens is 1. The molecular formula is C20H23Cl2N3O3. The Morgan fingerprint density at radius 2 is 2.04 bits per heavy atom. The number of allylic oxidation sites excluding steroid dienone is 2. The third-order valence-corrected chi connectivity index (χ3v) is 5.61. The molecule has 0 aromatic carbocycles. The molecule has 0 radical (unpaired) electrons. The van der Waals surface area contributed by atoms with E-state index >= 15 is 0 Å². The number of hydrogen-bond donors (Lipinski definition) is 3. The molecule has 1 aliphatic carbocycles. The van der Waals surface area contributed by atoms with E-state index in [2.05, 4.69) is 22.2 Å². The highest BCUT2D eigenvalue weighted by molar-refractivity contribution is 6.39. The van der Waals surface area contributed by atoms with Gasteiger partial charge < -0.3 is 20.5 Å². The summed E-state index contributed by atoms with van der Waals surface area (Å²) in [5.74, 6) is -0.00347. The average Bonchev–Trinajstić information content (AvgIpc) is 3.13. The zero-order valence-electron chi connectivity index (χ0n) is 15.6. The zero-order valence-corrected chi connectivity index (χ0v) is 17.2. The minimum Gasteiger partial charge on any atom is -0.504 e. The molecule has 1 aromatic rings. The van der Waals surface area contributed by atoms with Crippen LogP contribution in [0.15, 0.2) is 47.8 Å². The number of nitrogens with zero attached hydrogens (tertiary/aromatic N) is 1. The van der Waals surface area contributed by atoms with E-state index in [1.165, 1.54) is 12.4 Å². The van der Waals surface area contributed by atoms with E-state index < -0.39 is 5.91 Å². The zero-order chi connectivity index (χ0) is 20.3. The Balaban J connectivity index is 1.77. The van der Waals surface area contributed by atoms with Crippen LogP contribution in [0.2, 0.25) is 10.0 Å². The molecule has 0 bridgehead atoms. The number of aliphatic hydroxyl groups excluding tert-OH is 1. The summed E-state index contributed by atoms with van der Waals surface area (Å²) >= 11 is 12.1. The lowest BCUT2D eigenvalue weighted by Crippen LogP contribution is -2.45. The molecule has 2 heterocycles. The second-order valence-corrected chi connectivity index (χ2v) is 7.85. The molecule has 150 valence electrons. The molecule has 3 rings (SSSR count). The lowest BCUT2D eigenvalue weighted by atomic mass is 9.98. The summed E-state index contributed by atoms with van der Waals surface area (Å²) in [6.45, 7) is 6.24. The van der Waals surface area contributed by atoms with E-state index in [0.717, 1.165) is 25.7 Å². The number of anilines is 1. The second kappa shape index (κ2) is 8.45. The number of ether oxygens (including phenoxy) is 1. The smallest absolute Gasteiger partial charge is 0.251 e. The highest BCUT2D eigenvalue weighted by Crippen LogP contribution is 2.39. The summed E-state index contributed by atoms with van der Waals surface area (Å²) in [5.41, 5.74) is 0.893. The van der Waals surface area contributed by atoms with E-state index in [1.807, 2.05) is 0 Å². The summed E-state index contributed by atoms with van der Waals surface area (Å²) in [4.78, 5) is 16.4. The number of hydrogen-bond acceptors (Lipinski definition) is 5. The van der Waals surface area contributed by atoms with Gasteiger partial charge in [0.25, 0.3) is 5.91 Å². The molecule has 1 aromatic heterocycles. The normalized spacial score (nSPS) is 18.6. The topological polar surface area (TPSA) is 83.5 Å². The molecule has 2 aliphatic rings. The number of carbonyl (C=O) groups excluding carboxylic acids is 1. The van der Waals surface area contributed by atoms with Crippen LogP contribution < -0.4 is 10.6 Å². The van der Waals surface area contributed by atoms with E-state index in [-0.39, 0.29) is 39.1 Å². The molecule has 3 N–H and O–H groups in total. The van der Waals surface area contributed by atoms with Gasteiger partial charge in [0.05, 0.1) is 28.0 Å². The van der Waals surface area contributed by atoms with Crippen LogP contribution in [0.3, 0.4) is 0 Å². The summed E-state index contributed by atoms with van der Waals surface area (Å²) < 4.78 is 6.21. The van der Waals surface area contributed by atoms with Gasteiger partial charge in [0.1, 0.15) is 5.60 Å². The quantitative estimate of drug-likeness (QED) is 0.464. The van der Waals surface area contributed by atoms with Gasteiger partial charge in [-0.2, -0.15) is 0 Å². The van der Waals surface area contributed by atoms with Gasteiger partial charge in [-0.3, -0.25) is 9.78 Å². The first-order chi connectivity index (χ1) is 13.3. The predicted molar refractivity (Wildman–Crippen MR) is 110 cm³/mol. The van der Waals surface area contributed by atoms with Crippen molar-refractivity contribution >= 4 is 34.8 Å². The van der Waals surface area contributed by atoms with Gasteiger partial charge >= 0.3 is 0 Å².